The monoisotopic (exact) mass is 206 g/mol. The van der Waals surface area contributed by atoms with Gasteiger partial charge in [0, 0.05) is 12.6 Å². The maximum Gasteiger partial charge on any atom is 0.0466 e. The van der Waals surface area contributed by atoms with Crippen molar-refractivity contribution in [3.8, 4) is 0 Å². The second-order valence-electron chi connectivity index (χ2n) is 4.13. The van der Waals surface area contributed by atoms with Crippen molar-refractivity contribution in [1.82, 2.24) is 10.2 Å². The fraction of sp³-hybridized carbons (Fsp3) is 0.538. The molecule has 0 aliphatic rings. The zero-order valence-electron chi connectivity index (χ0n) is 10.2. The summed E-state index contributed by atoms with van der Waals surface area (Å²) in [5.41, 5.74) is 2.78. The van der Waals surface area contributed by atoms with Crippen molar-refractivity contribution in [3.05, 3.63) is 35.4 Å². The van der Waals surface area contributed by atoms with E-state index in [9.17, 15) is 0 Å². The van der Waals surface area contributed by atoms with E-state index in [1.54, 1.807) is 0 Å². The summed E-state index contributed by atoms with van der Waals surface area (Å²) in [5.74, 6) is 0. The zero-order valence-corrected chi connectivity index (χ0v) is 10.2. The molecular weight excluding hydrogens is 184 g/mol. The summed E-state index contributed by atoms with van der Waals surface area (Å²) in [6.45, 7) is 3.17. The smallest absolute Gasteiger partial charge is 0.0466 e. The van der Waals surface area contributed by atoms with E-state index >= 15 is 0 Å². The molecule has 1 N–H and O–H groups in total. The molecule has 1 rings (SSSR count). The van der Waals surface area contributed by atoms with Crippen LogP contribution in [0.5, 0.6) is 0 Å². The van der Waals surface area contributed by atoms with Crippen molar-refractivity contribution < 1.29 is 0 Å². The maximum absolute atomic E-state index is 3.23. The first-order valence-corrected chi connectivity index (χ1v) is 5.59. The SMILES string of the molecule is CCc1ccc(C(CNC)N(C)C)cc1. The van der Waals surface area contributed by atoms with Gasteiger partial charge in [0.1, 0.15) is 0 Å². The molecule has 1 atom stereocenters. The van der Waals surface area contributed by atoms with Crippen molar-refractivity contribution in [1.29, 1.82) is 0 Å². The molecule has 0 aliphatic carbocycles. The van der Waals surface area contributed by atoms with Gasteiger partial charge in [-0.25, -0.2) is 0 Å². The second-order valence-corrected chi connectivity index (χ2v) is 4.13. The minimum absolute atomic E-state index is 0.459. The Kier molecular flexibility index (Phi) is 4.79. The number of aryl methyl sites for hydroxylation is 1. The van der Waals surface area contributed by atoms with Crippen LogP contribution in [-0.2, 0) is 6.42 Å². The normalized spacial score (nSPS) is 13.1. The van der Waals surface area contributed by atoms with E-state index in [1.165, 1.54) is 11.1 Å². The van der Waals surface area contributed by atoms with Crippen molar-refractivity contribution in [2.75, 3.05) is 27.7 Å². The van der Waals surface area contributed by atoms with Gasteiger partial charge in [-0.05, 0) is 38.7 Å². The lowest BCUT2D eigenvalue weighted by atomic mass is 10.0. The third kappa shape index (κ3) is 3.33. The Morgan fingerprint density at radius 3 is 2.20 bits per heavy atom. The molecule has 0 aliphatic heterocycles. The average Bonchev–Trinajstić information content (AvgIpc) is 2.26. The molecule has 2 heteroatoms. The molecule has 0 heterocycles. The molecular formula is C13H22N2. The first-order valence-electron chi connectivity index (χ1n) is 5.59. The van der Waals surface area contributed by atoms with Crippen LogP contribution >= 0.6 is 0 Å². The van der Waals surface area contributed by atoms with Crippen molar-refractivity contribution >= 4 is 0 Å². The number of rotatable bonds is 5. The predicted molar refractivity (Wildman–Crippen MR) is 66.2 cm³/mol. The topological polar surface area (TPSA) is 15.3 Å². The maximum atomic E-state index is 3.23. The minimum atomic E-state index is 0.459. The van der Waals surface area contributed by atoms with Gasteiger partial charge in [-0.1, -0.05) is 31.2 Å². The van der Waals surface area contributed by atoms with E-state index in [2.05, 4.69) is 55.5 Å². The quantitative estimate of drug-likeness (QED) is 0.793. The fourth-order valence-corrected chi connectivity index (χ4v) is 1.77. The Bertz CT molecular complexity index is 277. The average molecular weight is 206 g/mol. The molecule has 1 unspecified atom stereocenters. The van der Waals surface area contributed by atoms with Crippen LogP contribution in [-0.4, -0.2) is 32.6 Å². The number of hydrogen-bond acceptors (Lipinski definition) is 2. The molecule has 0 saturated carbocycles. The van der Waals surface area contributed by atoms with Gasteiger partial charge in [0.2, 0.25) is 0 Å². The largest absolute Gasteiger partial charge is 0.318 e. The Morgan fingerprint density at radius 2 is 1.80 bits per heavy atom. The summed E-state index contributed by atoms with van der Waals surface area (Å²) in [7, 11) is 6.24. The minimum Gasteiger partial charge on any atom is -0.318 e. The molecule has 0 aromatic heterocycles. The number of hydrogen-bond donors (Lipinski definition) is 1. The van der Waals surface area contributed by atoms with Gasteiger partial charge in [-0.3, -0.25) is 0 Å². The first-order chi connectivity index (χ1) is 7.19. The van der Waals surface area contributed by atoms with Crippen molar-refractivity contribution in [2.24, 2.45) is 0 Å². The lowest BCUT2D eigenvalue weighted by Gasteiger charge is -2.24. The zero-order chi connectivity index (χ0) is 11.3. The molecule has 0 saturated heterocycles. The number of nitrogens with zero attached hydrogens (tertiary/aromatic N) is 1. The summed E-state index contributed by atoms with van der Waals surface area (Å²) >= 11 is 0. The van der Waals surface area contributed by atoms with Gasteiger partial charge >= 0.3 is 0 Å². The van der Waals surface area contributed by atoms with Gasteiger partial charge in [-0.2, -0.15) is 0 Å². The second kappa shape index (κ2) is 5.89. The van der Waals surface area contributed by atoms with Crippen LogP contribution in [0.1, 0.15) is 24.1 Å². The summed E-state index contributed by atoms with van der Waals surface area (Å²) in [4.78, 5) is 2.25. The van der Waals surface area contributed by atoms with Crippen LogP contribution in [0.3, 0.4) is 0 Å². The van der Waals surface area contributed by atoms with E-state index in [-0.39, 0.29) is 0 Å². The molecule has 0 fully saturated rings. The van der Waals surface area contributed by atoms with E-state index in [1.807, 2.05) is 7.05 Å². The summed E-state index contributed by atoms with van der Waals surface area (Å²) < 4.78 is 0. The van der Waals surface area contributed by atoms with Crippen LogP contribution in [0.4, 0.5) is 0 Å². The number of nitrogens with one attached hydrogen (secondary N) is 1. The standard InChI is InChI=1S/C13H22N2/c1-5-11-6-8-12(9-7-11)13(10-14-2)15(3)4/h6-9,13-14H,5,10H2,1-4H3. The third-order valence-electron chi connectivity index (χ3n) is 2.79. The molecule has 0 amide bonds. The van der Waals surface area contributed by atoms with Gasteiger partial charge in [0.05, 0.1) is 0 Å². The molecule has 15 heavy (non-hydrogen) atoms. The number of benzene rings is 1. The Hall–Kier alpha value is -0.860. The van der Waals surface area contributed by atoms with E-state index in [0.717, 1.165) is 13.0 Å². The highest BCUT2D eigenvalue weighted by atomic mass is 15.1. The molecule has 0 bridgehead atoms. The van der Waals surface area contributed by atoms with Gasteiger partial charge in [0.15, 0.2) is 0 Å². The molecule has 84 valence electrons. The Morgan fingerprint density at radius 1 is 1.20 bits per heavy atom. The van der Waals surface area contributed by atoms with E-state index in [4.69, 9.17) is 0 Å². The lowest BCUT2D eigenvalue weighted by molar-refractivity contribution is 0.294. The highest BCUT2D eigenvalue weighted by molar-refractivity contribution is 5.25. The highest BCUT2D eigenvalue weighted by Gasteiger charge is 2.12. The highest BCUT2D eigenvalue weighted by Crippen LogP contribution is 2.17. The van der Waals surface area contributed by atoms with Gasteiger partial charge in [-0.15, -0.1) is 0 Å². The third-order valence-corrected chi connectivity index (χ3v) is 2.79. The van der Waals surface area contributed by atoms with E-state index < -0.39 is 0 Å². The molecule has 1 aromatic carbocycles. The van der Waals surface area contributed by atoms with Crippen LogP contribution in [0.15, 0.2) is 24.3 Å². The van der Waals surface area contributed by atoms with Crippen LogP contribution < -0.4 is 5.32 Å². The van der Waals surface area contributed by atoms with E-state index in [0.29, 0.717) is 6.04 Å². The predicted octanol–water partition coefficient (Wildman–Crippen LogP) is 2.07. The summed E-state index contributed by atoms with van der Waals surface area (Å²) in [6.07, 6.45) is 1.11. The van der Waals surface area contributed by atoms with Crippen molar-refractivity contribution in [2.45, 2.75) is 19.4 Å². The lowest BCUT2D eigenvalue weighted by Crippen LogP contribution is -2.29. The Labute approximate surface area is 93.3 Å². The number of likely N-dealkylation sites (N-methyl/N-ethyl adjacent to an activating group) is 2. The van der Waals surface area contributed by atoms with Gasteiger partial charge < -0.3 is 10.2 Å². The fourth-order valence-electron chi connectivity index (χ4n) is 1.77. The first kappa shape index (κ1) is 12.2. The summed E-state index contributed by atoms with van der Waals surface area (Å²) in [6, 6.07) is 9.38. The molecule has 1 aromatic rings. The van der Waals surface area contributed by atoms with Crippen LogP contribution in [0.2, 0.25) is 0 Å². The molecule has 2 nitrogen and oxygen atoms in total. The van der Waals surface area contributed by atoms with Gasteiger partial charge in [0.25, 0.3) is 0 Å². The summed E-state index contributed by atoms with van der Waals surface area (Å²) in [5, 5.41) is 3.23. The van der Waals surface area contributed by atoms with Crippen LogP contribution in [0.25, 0.3) is 0 Å². The molecule has 0 radical (unpaired) electrons. The van der Waals surface area contributed by atoms with Crippen molar-refractivity contribution in [3.63, 3.8) is 0 Å². The molecule has 0 spiro atoms. The Balaban J connectivity index is 2.81. The van der Waals surface area contributed by atoms with Crippen LogP contribution in [0, 0.1) is 0 Å².